The number of fused-ring (bicyclic) bond motifs is 1. The van der Waals surface area contributed by atoms with E-state index in [1.165, 1.54) is 34.8 Å². The fourth-order valence-electron chi connectivity index (χ4n) is 4.61. The number of carbonyl (C=O) groups is 2. The molecule has 0 saturated heterocycles. The summed E-state index contributed by atoms with van der Waals surface area (Å²) in [5, 5.41) is 18.9. The number of ether oxygens (including phenoxy) is 3. The summed E-state index contributed by atoms with van der Waals surface area (Å²) in [5.41, 5.74) is 2.64. The second-order valence-electron chi connectivity index (χ2n) is 10.8. The van der Waals surface area contributed by atoms with Crippen LogP contribution in [0.5, 0.6) is 5.75 Å². The number of hydrogen-bond acceptors (Lipinski definition) is 13. The van der Waals surface area contributed by atoms with E-state index in [9.17, 15) is 9.59 Å². The number of nitrogens with zero attached hydrogens (tertiary/aromatic N) is 6. The third-order valence-electron chi connectivity index (χ3n) is 7.22. The number of anilines is 1. The van der Waals surface area contributed by atoms with Gasteiger partial charge in [-0.2, -0.15) is 0 Å². The molecule has 0 unspecified atom stereocenters. The maximum absolute atomic E-state index is 11.1. The van der Waals surface area contributed by atoms with E-state index in [0.29, 0.717) is 25.0 Å². The Balaban J connectivity index is 1.18. The largest absolute Gasteiger partial charge is 0.494 e. The quantitative estimate of drug-likeness (QED) is 0.0345. The zero-order valence-corrected chi connectivity index (χ0v) is 29.4. The molecule has 258 valence electrons. The Morgan fingerprint density at radius 3 is 1.98 bits per heavy atom. The average Bonchev–Trinajstić information content (AvgIpc) is 3.70. The minimum Gasteiger partial charge on any atom is -0.494 e. The van der Waals surface area contributed by atoms with Crippen molar-refractivity contribution in [2.45, 2.75) is 51.9 Å². The second-order valence-corrected chi connectivity index (χ2v) is 12.8. The van der Waals surface area contributed by atoms with Crippen molar-refractivity contribution in [2.24, 2.45) is 20.5 Å². The molecule has 13 heteroatoms. The number of thiophene rings is 1. The Bertz CT molecular complexity index is 1670. The molecule has 2 aromatic carbocycles. The van der Waals surface area contributed by atoms with Gasteiger partial charge in [-0.25, -0.2) is 14.6 Å². The van der Waals surface area contributed by atoms with Gasteiger partial charge in [0.05, 0.1) is 35.9 Å². The molecule has 0 atom stereocenters. The Labute approximate surface area is 295 Å². The van der Waals surface area contributed by atoms with Crippen LogP contribution in [-0.4, -0.2) is 49.8 Å². The Morgan fingerprint density at radius 1 is 0.755 bits per heavy atom. The second kappa shape index (κ2) is 20.6. The summed E-state index contributed by atoms with van der Waals surface area (Å²) in [6, 6.07) is 17.5. The van der Waals surface area contributed by atoms with Crippen LogP contribution in [0.4, 0.5) is 27.2 Å². The van der Waals surface area contributed by atoms with E-state index in [1.807, 2.05) is 42.5 Å². The first-order valence-electron chi connectivity index (χ1n) is 16.4. The van der Waals surface area contributed by atoms with Crippen molar-refractivity contribution in [3.8, 4) is 5.75 Å². The van der Waals surface area contributed by atoms with Crippen LogP contribution in [0.2, 0.25) is 0 Å². The van der Waals surface area contributed by atoms with E-state index in [4.69, 9.17) is 14.2 Å². The van der Waals surface area contributed by atoms with Gasteiger partial charge in [-0.05, 0) is 100 Å². The number of unbranched alkanes of at least 4 members (excludes halogenated alkanes) is 5. The molecule has 0 spiro atoms. The van der Waals surface area contributed by atoms with E-state index in [2.05, 4.69) is 62.6 Å². The SMILES string of the molecule is C=CC(=O)OCCCCCCN(CC)c1ccc(N=Nc2nc3sc(N=Nc4ccc(OCCCCCOC(=O)C=C)cc4)cc3s2)cc1. The highest BCUT2D eigenvalue weighted by atomic mass is 32.1. The van der Waals surface area contributed by atoms with Crippen LogP contribution in [0, 0.1) is 0 Å². The highest BCUT2D eigenvalue weighted by Gasteiger charge is 2.09. The normalized spacial score (nSPS) is 11.3. The van der Waals surface area contributed by atoms with Crippen LogP contribution >= 0.6 is 22.7 Å². The number of esters is 2. The van der Waals surface area contributed by atoms with Gasteiger partial charge in [0.1, 0.15) is 15.6 Å². The van der Waals surface area contributed by atoms with Crippen molar-refractivity contribution in [1.29, 1.82) is 0 Å². The predicted molar refractivity (Wildman–Crippen MR) is 197 cm³/mol. The monoisotopic (exact) mass is 702 g/mol. The summed E-state index contributed by atoms with van der Waals surface area (Å²) < 4.78 is 16.8. The minimum absolute atomic E-state index is 0.362. The van der Waals surface area contributed by atoms with Gasteiger partial charge in [-0.3, -0.25) is 0 Å². The molecular weight excluding hydrogens is 661 g/mol. The molecule has 0 aliphatic rings. The van der Waals surface area contributed by atoms with Crippen LogP contribution in [0.1, 0.15) is 51.9 Å². The lowest BCUT2D eigenvalue weighted by atomic mass is 10.2. The molecule has 0 radical (unpaired) electrons. The molecule has 4 aromatic rings. The van der Waals surface area contributed by atoms with Gasteiger partial charge in [0, 0.05) is 30.9 Å². The number of hydrogen-bond donors (Lipinski definition) is 0. The van der Waals surface area contributed by atoms with E-state index >= 15 is 0 Å². The number of aromatic nitrogens is 1. The summed E-state index contributed by atoms with van der Waals surface area (Å²) >= 11 is 2.92. The van der Waals surface area contributed by atoms with Crippen molar-refractivity contribution >= 4 is 71.3 Å². The first kappa shape index (κ1) is 37.1. The van der Waals surface area contributed by atoms with Crippen LogP contribution < -0.4 is 9.64 Å². The van der Waals surface area contributed by atoms with Gasteiger partial charge >= 0.3 is 11.9 Å². The molecule has 49 heavy (non-hydrogen) atoms. The molecule has 0 fully saturated rings. The maximum atomic E-state index is 11.1. The highest BCUT2D eigenvalue weighted by Crippen LogP contribution is 2.39. The van der Waals surface area contributed by atoms with E-state index in [0.717, 1.165) is 95.4 Å². The minimum atomic E-state index is -0.391. The average molecular weight is 703 g/mol. The van der Waals surface area contributed by atoms with E-state index < -0.39 is 5.97 Å². The first-order chi connectivity index (χ1) is 24.0. The lowest BCUT2D eigenvalue weighted by Gasteiger charge is -2.23. The Hall–Kier alpha value is -4.75. The third kappa shape index (κ3) is 13.0. The molecular formula is C36H42N6O5S2. The summed E-state index contributed by atoms with van der Waals surface area (Å²) in [6.07, 6.45) is 8.97. The summed E-state index contributed by atoms with van der Waals surface area (Å²) in [5.74, 6) is 0.0150. The number of benzene rings is 2. The van der Waals surface area contributed by atoms with Crippen LogP contribution in [0.15, 0.2) is 100 Å². The van der Waals surface area contributed by atoms with Gasteiger partial charge in [-0.15, -0.1) is 20.5 Å². The first-order valence-corrected chi connectivity index (χ1v) is 18.0. The third-order valence-corrected chi connectivity index (χ3v) is 9.14. The van der Waals surface area contributed by atoms with Crippen LogP contribution in [-0.2, 0) is 19.1 Å². The molecule has 0 bridgehead atoms. The summed E-state index contributed by atoms with van der Waals surface area (Å²) in [4.78, 5) is 29.9. The molecule has 0 amide bonds. The summed E-state index contributed by atoms with van der Waals surface area (Å²) in [7, 11) is 0. The number of azo groups is 2. The van der Waals surface area contributed by atoms with Crippen molar-refractivity contribution in [1.82, 2.24) is 4.98 Å². The van der Waals surface area contributed by atoms with E-state index in [-0.39, 0.29) is 5.97 Å². The lowest BCUT2D eigenvalue weighted by molar-refractivity contribution is -0.138. The molecule has 0 N–H and O–H groups in total. The maximum Gasteiger partial charge on any atom is 0.330 e. The molecule has 0 aliphatic heterocycles. The zero-order valence-electron chi connectivity index (χ0n) is 27.8. The van der Waals surface area contributed by atoms with Gasteiger partial charge in [0.25, 0.3) is 0 Å². The predicted octanol–water partition coefficient (Wildman–Crippen LogP) is 10.6. The zero-order chi connectivity index (χ0) is 34.7. The molecule has 4 rings (SSSR count). The van der Waals surface area contributed by atoms with Gasteiger partial charge in [0.2, 0.25) is 5.13 Å². The van der Waals surface area contributed by atoms with Gasteiger partial charge in [-0.1, -0.05) is 42.3 Å². The van der Waals surface area contributed by atoms with Crippen molar-refractivity contribution in [3.05, 3.63) is 79.9 Å². The van der Waals surface area contributed by atoms with Crippen LogP contribution in [0.3, 0.4) is 0 Å². The number of thiazole rings is 1. The lowest BCUT2D eigenvalue weighted by Crippen LogP contribution is -2.23. The van der Waals surface area contributed by atoms with Crippen LogP contribution in [0.25, 0.3) is 9.53 Å². The number of rotatable bonds is 22. The van der Waals surface area contributed by atoms with Crippen molar-refractivity contribution in [2.75, 3.05) is 37.8 Å². The molecule has 2 aromatic heterocycles. The summed E-state index contributed by atoms with van der Waals surface area (Å²) in [6.45, 7) is 12.2. The topological polar surface area (TPSA) is 127 Å². The molecule has 2 heterocycles. The van der Waals surface area contributed by atoms with Gasteiger partial charge in [0.15, 0.2) is 0 Å². The van der Waals surface area contributed by atoms with E-state index in [1.54, 1.807) is 0 Å². The van der Waals surface area contributed by atoms with Gasteiger partial charge < -0.3 is 19.1 Å². The standard InChI is InChI=1S/C36H42N6O5S2/c1-4-33(43)46-24-11-8-7-10-22-42(6-3)29-18-14-27(15-19-29)39-41-36-37-35-31(48-36)26-32(49-35)40-38-28-16-20-30(21-17-28)45-23-12-9-13-25-47-34(44)5-2/h4-5,14-21,26H,1-2,6-13,22-25H2,3H3. The Morgan fingerprint density at radius 2 is 1.35 bits per heavy atom. The molecule has 11 nitrogen and oxygen atoms in total. The van der Waals surface area contributed by atoms with Crippen molar-refractivity contribution in [3.63, 3.8) is 0 Å². The fraction of sp³-hybridized carbons (Fsp3) is 0.361. The van der Waals surface area contributed by atoms with Crippen molar-refractivity contribution < 1.29 is 23.8 Å². The fourth-order valence-corrected chi connectivity index (χ4v) is 6.46. The smallest absolute Gasteiger partial charge is 0.330 e. The highest BCUT2D eigenvalue weighted by molar-refractivity contribution is 7.30. The molecule has 0 saturated carbocycles. The number of carbonyl (C=O) groups excluding carboxylic acids is 2. The Kier molecular flexibility index (Phi) is 15.6. The molecule has 0 aliphatic carbocycles.